The monoisotopic (exact) mass is 266 g/mol. The standard InChI is InChI=1S/C12H18N4O3/c13-10-1-4-16(14-10)9-11(17)15-5-2-12(3-6-15)18-7-8-19-12/h1,4H,2-3,5-9H2,(H2,13,14). The summed E-state index contributed by atoms with van der Waals surface area (Å²) in [6.45, 7) is 2.86. The predicted octanol–water partition coefficient (Wildman–Crippen LogP) is -0.169. The molecule has 0 saturated carbocycles. The van der Waals surface area contributed by atoms with Crippen molar-refractivity contribution in [2.45, 2.75) is 25.2 Å². The highest BCUT2D eigenvalue weighted by atomic mass is 16.7. The van der Waals surface area contributed by atoms with E-state index in [1.807, 2.05) is 4.90 Å². The number of aromatic nitrogens is 2. The summed E-state index contributed by atoms with van der Waals surface area (Å²) < 4.78 is 12.8. The lowest BCUT2D eigenvalue weighted by Gasteiger charge is -2.37. The third-order valence-corrected chi connectivity index (χ3v) is 3.65. The fraction of sp³-hybridized carbons (Fsp3) is 0.667. The molecule has 2 fully saturated rings. The summed E-state index contributed by atoms with van der Waals surface area (Å²) in [5.41, 5.74) is 5.52. The number of ether oxygens (including phenoxy) is 2. The van der Waals surface area contributed by atoms with E-state index >= 15 is 0 Å². The van der Waals surface area contributed by atoms with Gasteiger partial charge in [-0.2, -0.15) is 5.10 Å². The summed E-state index contributed by atoms with van der Waals surface area (Å²) in [4.78, 5) is 14.0. The van der Waals surface area contributed by atoms with E-state index in [4.69, 9.17) is 15.2 Å². The van der Waals surface area contributed by atoms with E-state index in [0.29, 0.717) is 32.1 Å². The van der Waals surface area contributed by atoms with E-state index in [-0.39, 0.29) is 12.5 Å². The minimum atomic E-state index is -0.438. The van der Waals surface area contributed by atoms with Gasteiger partial charge < -0.3 is 20.1 Å². The van der Waals surface area contributed by atoms with Crippen LogP contribution in [0.15, 0.2) is 12.3 Å². The van der Waals surface area contributed by atoms with E-state index < -0.39 is 5.79 Å². The van der Waals surface area contributed by atoms with Gasteiger partial charge in [-0.25, -0.2) is 0 Å². The van der Waals surface area contributed by atoms with Crippen molar-refractivity contribution in [2.75, 3.05) is 32.0 Å². The fourth-order valence-electron chi connectivity index (χ4n) is 2.59. The zero-order valence-corrected chi connectivity index (χ0v) is 10.7. The van der Waals surface area contributed by atoms with E-state index in [1.165, 1.54) is 0 Å². The first kappa shape index (κ1) is 12.4. The van der Waals surface area contributed by atoms with Crippen LogP contribution in [0.4, 0.5) is 5.82 Å². The van der Waals surface area contributed by atoms with Gasteiger partial charge in [-0.1, -0.05) is 0 Å². The Morgan fingerprint density at radius 2 is 2.05 bits per heavy atom. The number of rotatable bonds is 2. The minimum Gasteiger partial charge on any atom is -0.382 e. The van der Waals surface area contributed by atoms with Gasteiger partial charge in [0.15, 0.2) is 5.79 Å². The summed E-state index contributed by atoms with van der Waals surface area (Å²) in [6.07, 6.45) is 3.18. The van der Waals surface area contributed by atoms with Crippen molar-refractivity contribution in [3.63, 3.8) is 0 Å². The number of likely N-dealkylation sites (tertiary alicyclic amines) is 1. The van der Waals surface area contributed by atoms with Crippen molar-refractivity contribution in [2.24, 2.45) is 0 Å². The topological polar surface area (TPSA) is 82.6 Å². The molecule has 104 valence electrons. The highest BCUT2D eigenvalue weighted by Crippen LogP contribution is 2.31. The molecule has 1 aromatic rings. The Labute approximate surface area is 111 Å². The second-order valence-electron chi connectivity index (χ2n) is 4.93. The maximum Gasteiger partial charge on any atom is 0.244 e. The molecule has 3 rings (SSSR count). The molecule has 2 aliphatic heterocycles. The molecule has 0 aliphatic carbocycles. The summed E-state index contributed by atoms with van der Waals surface area (Å²) in [5.74, 6) is 0.0431. The molecule has 1 spiro atoms. The molecule has 3 heterocycles. The molecule has 2 aliphatic rings. The molecule has 1 amide bonds. The molecule has 0 aromatic carbocycles. The van der Waals surface area contributed by atoms with Crippen molar-refractivity contribution in [1.29, 1.82) is 0 Å². The normalized spacial score (nSPS) is 22.0. The Balaban J connectivity index is 1.54. The fourth-order valence-corrected chi connectivity index (χ4v) is 2.59. The van der Waals surface area contributed by atoms with Crippen molar-refractivity contribution in [3.8, 4) is 0 Å². The molecular formula is C12H18N4O3. The predicted molar refractivity (Wildman–Crippen MR) is 67.1 cm³/mol. The van der Waals surface area contributed by atoms with Gasteiger partial charge in [-0.15, -0.1) is 0 Å². The van der Waals surface area contributed by atoms with Crippen LogP contribution in [0, 0.1) is 0 Å². The maximum atomic E-state index is 12.1. The highest BCUT2D eigenvalue weighted by molar-refractivity contribution is 5.76. The van der Waals surface area contributed by atoms with Gasteiger partial charge in [0.25, 0.3) is 0 Å². The van der Waals surface area contributed by atoms with Crippen LogP contribution in [-0.4, -0.2) is 52.7 Å². The van der Waals surface area contributed by atoms with Crippen LogP contribution >= 0.6 is 0 Å². The van der Waals surface area contributed by atoms with E-state index in [2.05, 4.69) is 5.10 Å². The molecule has 0 unspecified atom stereocenters. The third kappa shape index (κ3) is 2.57. The number of hydrogen-bond donors (Lipinski definition) is 1. The van der Waals surface area contributed by atoms with Crippen LogP contribution in [0.3, 0.4) is 0 Å². The lowest BCUT2D eigenvalue weighted by Crippen LogP contribution is -2.48. The SMILES string of the molecule is Nc1ccn(CC(=O)N2CCC3(CC2)OCCO3)n1. The average Bonchev–Trinajstić information content (AvgIpc) is 3.00. The lowest BCUT2D eigenvalue weighted by atomic mass is 10.0. The number of carbonyl (C=O) groups excluding carboxylic acids is 1. The first-order valence-corrected chi connectivity index (χ1v) is 6.52. The van der Waals surface area contributed by atoms with Gasteiger partial charge in [0.2, 0.25) is 5.91 Å². The van der Waals surface area contributed by atoms with Crippen LogP contribution in [-0.2, 0) is 20.8 Å². The molecule has 2 saturated heterocycles. The van der Waals surface area contributed by atoms with E-state index in [1.54, 1.807) is 16.9 Å². The Bertz CT molecular complexity index is 457. The summed E-state index contributed by atoms with van der Waals surface area (Å²) in [6, 6.07) is 1.68. The van der Waals surface area contributed by atoms with Gasteiger partial charge in [0.05, 0.1) is 13.2 Å². The molecule has 19 heavy (non-hydrogen) atoms. The molecule has 0 radical (unpaired) electrons. The molecule has 0 bridgehead atoms. The highest BCUT2D eigenvalue weighted by Gasteiger charge is 2.40. The minimum absolute atomic E-state index is 0.0518. The Kier molecular flexibility index (Phi) is 3.16. The van der Waals surface area contributed by atoms with Crippen molar-refractivity contribution < 1.29 is 14.3 Å². The molecule has 7 nitrogen and oxygen atoms in total. The third-order valence-electron chi connectivity index (χ3n) is 3.65. The zero-order valence-electron chi connectivity index (χ0n) is 10.7. The van der Waals surface area contributed by atoms with Gasteiger partial charge in [0.1, 0.15) is 12.4 Å². The smallest absolute Gasteiger partial charge is 0.244 e. The Morgan fingerprint density at radius 3 is 2.63 bits per heavy atom. The lowest BCUT2D eigenvalue weighted by molar-refractivity contribution is -0.187. The zero-order chi connectivity index (χ0) is 13.3. The van der Waals surface area contributed by atoms with Crippen LogP contribution in [0.1, 0.15) is 12.8 Å². The molecule has 1 aromatic heterocycles. The second kappa shape index (κ2) is 4.82. The number of hydrogen-bond acceptors (Lipinski definition) is 5. The number of nitrogens with zero attached hydrogens (tertiary/aromatic N) is 3. The number of anilines is 1. The number of nitrogens with two attached hydrogens (primary N) is 1. The van der Waals surface area contributed by atoms with Crippen molar-refractivity contribution in [1.82, 2.24) is 14.7 Å². The maximum absolute atomic E-state index is 12.1. The van der Waals surface area contributed by atoms with Crippen LogP contribution in [0.2, 0.25) is 0 Å². The first-order valence-electron chi connectivity index (χ1n) is 6.52. The Hall–Kier alpha value is -1.60. The van der Waals surface area contributed by atoms with E-state index in [9.17, 15) is 4.79 Å². The van der Waals surface area contributed by atoms with E-state index in [0.717, 1.165) is 12.8 Å². The van der Waals surface area contributed by atoms with Crippen LogP contribution in [0.5, 0.6) is 0 Å². The van der Waals surface area contributed by atoms with Gasteiger partial charge in [-0.05, 0) is 6.07 Å². The number of piperidine rings is 1. The van der Waals surface area contributed by atoms with Crippen molar-refractivity contribution in [3.05, 3.63) is 12.3 Å². The Morgan fingerprint density at radius 1 is 1.37 bits per heavy atom. The van der Waals surface area contributed by atoms with Crippen LogP contribution < -0.4 is 5.73 Å². The van der Waals surface area contributed by atoms with Gasteiger partial charge >= 0.3 is 0 Å². The van der Waals surface area contributed by atoms with Gasteiger partial charge in [0, 0.05) is 32.1 Å². The van der Waals surface area contributed by atoms with Gasteiger partial charge in [-0.3, -0.25) is 9.48 Å². The molecule has 2 N–H and O–H groups in total. The number of nitrogen functional groups attached to an aromatic ring is 1. The second-order valence-corrected chi connectivity index (χ2v) is 4.93. The molecular weight excluding hydrogens is 248 g/mol. The molecule has 0 atom stereocenters. The first-order chi connectivity index (χ1) is 9.17. The summed E-state index contributed by atoms with van der Waals surface area (Å²) >= 11 is 0. The molecule has 7 heteroatoms. The number of carbonyl (C=O) groups is 1. The summed E-state index contributed by atoms with van der Waals surface area (Å²) in [7, 11) is 0. The number of amides is 1. The summed E-state index contributed by atoms with van der Waals surface area (Å²) in [5, 5.41) is 4.01. The average molecular weight is 266 g/mol. The van der Waals surface area contributed by atoms with Crippen molar-refractivity contribution >= 4 is 11.7 Å². The largest absolute Gasteiger partial charge is 0.382 e. The van der Waals surface area contributed by atoms with Crippen LogP contribution in [0.25, 0.3) is 0 Å². The quantitative estimate of drug-likeness (QED) is 0.803.